The first-order valence-electron chi connectivity index (χ1n) is 7.85. The average Bonchev–Trinajstić information content (AvgIpc) is 2.56. The van der Waals surface area contributed by atoms with E-state index >= 15 is 0 Å². The van der Waals surface area contributed by atoms with Crippen molar-refractivity contribution in [2.45, 2.75) is 30.9 Å². The fraction of sp³-hybridized carbons (Fsp3) is 0.316. The Morgan fingerprint density at radius 1 is 1.21 bits per heavy atom. The highest BCUT2D eigenvalue weighted by Gasteiger charge is 2.13. The number of amides is 1. The Kier molecular flexibility index (Phi) is 7.00. The summed E-state index contributed by atoms with van der Waals surface area (Å²) in [5.74, 6) is 0.716. The smallest absolute Gasteiger partial charge is 0.233 e. The summed E-state index contributed by atoms with van der Waals surface area (Å²) in [6.45, 7) is 6.77. The minimum atomic E-state index is -0.151. The third-order valence-electron chi connectivity index (χ3n) is 3.52. The summed E-state index contributed by atoms with van der Waals surface area (Å²) in [5, 5.41) is 3.42. The van der Waals surface area contributed by atoms with Crippen molar-refractivity contribution in [1.82, 2.24) is 5.32 Å². The Morgan fingerprint density at radius 2 is 1.92 bits per heavy atom. The van der Waals surface area contributed by atoms with Crippen molar-refractivity contribution in [1.29, 1.82) is 0 Å². The van der Waals surface area contributed by atoms with Crippen LogP contribution < -0.4 is 10.1 Å². The second kappa shape index (κ2) is 9.00. The molecule has 2 rings (SSSR count). The Bertz CT molecular complexity index is 688. The van der Waals surface area contributed by atoms with Crippen molar-refractivity contribution in [2.75, 3.05) is 13.2 Å². The Balaban J connectivity index is 1.72. The number of ether oxygens (including phenoxy) is 1. The predicted molar refractivity (Wildman–Crippen MR) is 101 cm³/mol. The summed E-state index contributed by atoms with van der Waals surface area (Å²) in [7, 11) is 0. The van der Waals surface area contributed by atoms with E-state index in [0.29, 0.717) is 23.9 Å². The van der Waals surface area contributed by atoms with Gasteiger partial charge in [0, 0.05) is 9.92 Å². The first-order valence-corrected chi connectivity index (χ1v) is 9.11. The minimum Gasteiger partial charge on any atom is -0.492 e. The van der Waals surface area contributed by atoms with Gasteiger partial charge in [0.1, 0.15) is 12.4 Å². The van der Waals surface area contributed by atoms with Gasteiger partial charge < -0.3 is 10.1 Å². The van der Waals surface area contributed by atoms with E-state index in [9.17, 15) is 4.79 Å². The van der Waals surface area contributed by atoms with Gasteiger partial charge in [0.15, 0.2) is 0 Å². The molecule has 0 aromatic heterocycles. The zero-order chi connectivity index (χ0) is 17.5. The summed E-state index contributed by atoms with van der Waals surface area (Å²) >= 11 is 7.60. The second-order valence-electron chi connectivity index (χ2n) is 5.62. The van der Waals surface area contributed by atoms with Crippen molar-refractivity contribution in [3.63, 3.8) is 0 Å². The molecular formula is C19H22ClNO2S. The van der Waals surface area contributed by atoms with Crippen LogP contribution in [0.4, 0.5) is 0 Å². The molecule has 0 heterocycles. The highest BCUT2D eigenvalue weighted by molar-refractivity contribution is 8.00. The summed E-state index contributed by atoms with van der Waals surface area (Å²) in [5.41, 5.74) is 2.23. The molecule has 0 aliphatic rings. The molecule has 0 bridgehead atoms. The number of hydrogen-bond acceptors (Lipinski definition) is 3. The highest BCUT2D eigenvalue weighted by atomic mass is 35.5. The maximum absolute atomic E-state index is 12.1. The Hall–Kier alpha value is -1.65. The largest absolute Gasteiger partial charge is 0.492 e. The van der Waals surface area contributed by atoms with Crippen molar-refractivity contribution in [3.8, 4) is 5.75 Å². The third-order valence-corrected chi connectivity index (χ3v) is 5.04. The monoisotopic (exact) mass is 363 g/mol. The molecule has 5 heteroatoms. The standard InChI is InChI=1S/C19H22ClNO2S/c1-13-4-8-17(9-5-13)24-15(3)19(22)21-10-11-23-16-7-6-14(2)18(20)12-16/h4-9,12,15H,10-11H2,1-3H3,(H,21,22)/t15-/m1/s1. The van der Waals surface area contributed by atoms with Crippen LogP contribution in [0.3, 0.4) is 0 Å². The van der Waals surface area contributed by atoms with Crippen LogP contribution in [0.15, 0.2) is 47.4 Å². The lowest BCUT2D eigenvalue weighted by Crippen LogP contribution is -2.33. The number of rotatable bonds is 7. The van der Waals surface area contributed by atoms with Crippen LogP contribution in [0.5, 0.6) is 5.75 Å². The lowest BCUT2D eigenvalue weighted by molar-refractivity contribution is -0.120. The molecule has 1 atom stereocenters. The van der Waals surface area contributed by atoms with E-state index in [1.165, 1.54) is 5.56 Å². The maximum atomic E-state index is 12.1. The summed E-state index contributed by atoms with van der Waals surface area (Å²) < 4.78 is 5.60. The molecule has 2 aromatic carbocycles. The van der Waals surface area contributed by atoms with E-state index in [2.05, 4.69) is 5.32 Å². The van der Waals surface area contributed by atoms with Crippen molar-refractivity contribution in [2.24, 2.45) is 0 Å². The van der Waals surface area contributed by atoms with Gasteiger partial charge in [-0.25, -0.2) is 0 Å². The van der Waals surface area contributed by atoms with E-state index in [1.807, 2.05) is 57.2 Å². The van der Waals surface area contributed by atoms with Crippen LogP contribution in [-0.2, 0) is 4.79 Å². The molecule has 1 N–H and O–H groups in total. The predicted octanol–water partition coefficient (Wildman–Crippen LogP) is 4.63. The minimum absolute atomic E-state index is 0.00566. The van der Waals surface area contributed by atoms with Gasteiger partial charge in [0.2, 0.25) is 5.91 Å². The van der Waals surface area contributed by atoms with Gasteiger partial charge in [-0.3, -0.25) is 4.79 Å². The number of thioether (sulfide) groups is 1. The molecule has 2 aromatic rings. The van der Waals surface area contributed by atoms with E-state index < -0.39 is 0 Å². The number of carbonyl (C=O) groups excluding carboxylic acids is 1. The van der Waals surface area contributed by atoms with Gasteiger partial charge in [-0.05, 0) is 50.6 Å². The zero-order valence-corrected chi connectivity index (χ0v) is 15.7. The number of nitrogens with one attached hydrogen (secondary N) is 1. The molecule has 0 radical (unpaired) electrons. The van der Waals surface area contributed by atoms with Gasteiger partial charge >= 0.3 is 0 Å². The number of carbonyl (C=O) groups is 1. The molecule has 0 saturated heterocycles. The molecule has 0 unspecified atom stereocenters. The van der Waals surface area contributed by atoms with E-state index in [-0.39, 0.29) is 11.2 Å². The highest BCUT2D eigenvalue weighted by Crippen LogP contribution is 2.23. The first kappa shape index (κ1) is 18.7. The zero-order valence-electron chi connectivity index (χ0n) is 14.1. The lowest BCUT2D eigenvalue weighted by Gasteiger charge is -2.13. The van der Waals surface area contributed by atoms with Gasteiger partial charge in [-0.2, -0.15) is 0 Å². The van der Waals surface area contributed by atoms with Crippen molar-refractivity contribution in [3.05, 3.63) is 58.6 Å². The summed E-state index contributed by atoms with van der Waals surface area (Å²) in [6, 6.07) is 13.7. The van der Waals surface area contributed by atoms with Crippen molar-refractivity contribution >= 4 is 29.3 Å². The van der Waals surface area contributed by atoms with E-state index in [0.717, 1.165) is 10.5 Å². The van der Waals surface area contributed by atoms with Gasteiger partial charge in [0.25, 0.3) is 0 Å². The van der Waals surface area contributed by atoms with E-state index in [4.69, 9.17) is 16.3 Å². The molecule has 0 saturated carbocycles. The molecule has 0 spiro atoms. The average molecular weight is 364 g/mol. The maximum Gasteiger partial charge on any atom is 0.233 e. The quantitative estimate of drug-likeness (QED) is 0.575. The molecular weight excluding hydrogens is 342 g/mol. The lowest BCUT2D eigenvalue weighted by atomic mass is 10.2. The Morgan fingerprint density at radius 3 is 2.58 bits per heavy atom. The number of hydrogen-bond donors (Lipinski definition) is 1. The fourth-order valence-corrected chi connectivity index (χ4v) is 3.09. The molecule has 24 heavy (non-hydrogen) atoms. The normalized spacial score (nSPS) is 11.8. The molecule has 0 aliphatic carbocycles. The second-order valence-corrected chi connectivity index (χ2v) is 7.45. The van der Waals surface area contributed by atoms with Crippen LogP contribution >= 0.6 is 23.4 Å². The number of aryl methyl sites for hydroxylation is 2. The topological polar surface area (TPSA) is 38.3 Å². The van der Waals surface area contributed by atoms with Crippen LogP contribution in [-0.4, -0.2) is 24.3 Å². The molecule has 3 nitrogen and oxygen atoms in total. The van der Waals surface area contributed by atoms with Gasteiger partial charge in [0.05, 0.1) is 11.8 Å². The molecule has 0 fully saturated rings. The van der Waals surface area contributed by atoms with Crippen LogP contribution in [0.1, 0.15) is 18.1 Å². The SMILES string of the molecule is Cc1ccc(S[C@H](C)C(=O)NCCOc2ccc(C)c(Cl)c2)cc1. The van der Waals surface area contributed by atoms with Gasteiger partial charge in [-0.15, -0.1) is 11.8 Å². The molecule has 128 valence electrons. The van der Waals surface area contributed by atoms with Gasteiger partial charge in [-0.1, -0.05) is 35.4 Å². The summed E-state index contributed by atoms with van der Waals surface area (Å²) in [4.78, 5) is 13.2. The number of halogens is 1. The number of benzene rings is 2. The third kappa shape index (κ3) is 5.77. The van der Waals surface area contributed by atoms with E-state index in [1.54, 1.807) is 17.8 Å². The summed E-state index contributed by atoms with van der Waals surface area (Å²) in [6.07, 6.45) is 0. The van der Waals surface area contributed by atoms with Crippen LogP contribution in [0.25, 0.3) is 0 Å². The van der Waals surface area contributed by atoms with Crippen molar-refractivity contribution < 1.29 is 9.53 Å². The molecule has 1 amide bonds. The van der Waals surface area contributed by atoms with Crippen LogP contribution in [0.2, 0.25) is 5.02 Å². The van der Waals surface area contributed by atoms with Crippen LogP contribution in [0, 0.1) is 13.8 Å². The molecule has 0 aliphatic heterocycles. The fourth-order valence-electron chi connectivity index (χ4n) is 2.02. The Labute approximate surface area is 152 Å². The first-order chi connectivity index (χ1) is 11.5.